The van der Waals surface area contributed by atoms with Gasteiger partial charge in [-0.3, -0.25) is 7.05 Å². The van der Waals surface area contributed by atoms with Gasteiger partial charge in [-0.25, -0.2) is 0 Å². The van der Waals surface area contributed by atoms with Gasteiger partial charge in [0.25, 0.3) is 0 Å². The quantitative estimate of drug-likeness (QED) is 0.535. The SMILES string of the molecule is [CH2-]C1CCCCN1[CH2-].[Y]. The summed E-state index contributed by atoms with van der Waals surface area (Å²) in [6, 6.07) is 0.476. The molecule has 1 rings (SSSR count). The standard InChI is InChI=1S/C7H13N.Y/c1-7-5-3-4-6-8(7)2;/h7H,1-6H2;/q-2;. The van der Waals surface area contributed by atoms with E-state index < -0.39 is 0 Å². The Hall–Kier alpha value is 1.06. The fourth-order valence-electron chi connectivity index (χ4n) is 1.06. The van der Waals surface area contributed by atoms with E-state index in [0.717, 1.165) is 6.54 Å². The molecule has 0 bridgehead atoms. The summed E-state index contributed by atoms with van der Waals surface area (Å²) in [7, 11) is 3.85. The van der Waals surface area contributed by atoms with Crippen LogP contribution in [0.25, 0.3) is 0 Å². The molecule has 1 aliphatic heterocycles. The maximum Gasteiger partial charge on any atom is 0 e. The Balaban J connectivity index is 0.000000640. The van der Waals surface area contributed by atoms with Crippen LogP contribution >= 0.6 is 0 Å². The van der Waals surface area contributed by atoms with Gasteiger partial charge in [0.15, 0.2) is 0 Å². The average Bonchev–Trinajstić information content (AvgIpc) is 1.77. The molecule has 0 saturated carbocycles. The third-order valence-corrected chi connectivity index (χ3v) is 1.75. The number of rotatable bonds is 0. The summed E-state index contributed by atoms with van der Waals surface area (Å²) in [4.78, 5) is 2.07. The summed E-state index contributed by atoms with van der Waals surface area (Å²) < 4.78 is 0. The van der Waals surface area contributed by atoms with Gasteiger partial charge in [-0.15, -0.1) is 6.04 Å². The van der Waals surface area contributed by atoms with E-state index in [1.165, 1.54) is 19.3 Å². The third-order valence-electron chi connectivity index (χ3n) is 1.75. The fourth-order valence-corrected chi connectivity index (χ4v) is 1.06. The average molecular weight is 200 g/mol. The molecule has 1 saturated heterocycles. The van der Waals surface area contributed by atoms with E-state index in [1.807, 2.05) is 0 Å². The van der Waals surface area contributed by atoms with Gasteiger partial charge in [-0.1, -0.05) is 12.8 Å². The molecule has 2 heteroatoms. The van der Waals surface area contributed by atoms with E-state index in [1.54, 1.807) is 0 Å². The van der Waals surface area contributed by atoms with E-state index in [2.05, 4.69) is 18.9 Å². The van der Waals surface area contributed by atoms with Crippen molar-refractivity contribution in [1.29, 1.82) is 0 Å². The molecule has 0 amide bonds. The minimum atomic E-state index is 0. The second-order valence-corrected chi connectivity index (χ2v) is 2.46. The molecule has 0 aliphatic carbocycles. The second kappa shape index (κ2) is 4.81. The molecule has 1 aliphatic rings. The van der Waals surface area contributed by atoms with Crippen molar-refractivity contribution in [2.45, 2.75) is 25.3 Å². The molecule has 9 heavy (non-hydrogen) atoms. The molecule has 0 aromatic rings. The third kappa shape index (κ3) is 3.11. The number of nitrogens with zero attached hydrogens (tertiary/aromatic N) is 1. The van der Waals surface area contributed by atoms with Crippen molar-refractivity contribution in [3.8, 4) is 0 Å². The van der Waals surface area contributed by atoms with Crippen LogP contribution in [0.3, 0.4) is 0 Å². The molecule has 1 nitrogen and oxygen atoms in total. The van der Waals surface area contributed by atoms with Crippen LogP contribution in [0.5, 0.6) is 0 Å². The van der Waals surface area contributed by atoms with Gasteiger partial charge < -0.3 is 11.8 Å². The summed E-state index contributed by atoms with van der Waals surface area (Å²) in [6.07, 6.45) is 3.86. The van der Waals surface area contributed by atoms with Crippen molar-refractivity contribution in [2.24, 2.45) is 0 Å². The maximum atomic E-state index is 3.94. The largest absolute Gasteiger partial charge is 0.482 e. The molecule has 1 atom stereocenters. The van der Waals surface area contributed by atoms with Crippen LogP contribution in [0.2, 0.25) is 0 Å². The zero-order valence-corrected chi connectivity index (χ0v) is 8.68. The molecule has 0 aromatic heterocycles. The van der Waals surface area contributed by atoms with Crippen LogP contribution in [-0.4, -0.2) is 17.5 Å². The van der Waals surface area contributed by atoms with Crippen molar-refractivity contribution < 1.29 is 32.7 Å². The maximum absolute atomic E-state index is 3.94. The molecule has 0 aromatic carbocycles. The van der Waals surface area contributed by atoms with Gasteiger partial charge in [0.1, 0.15) is 0 Å². The Morgan fingerprint density at radius 1 is 1.33 bits per heavy atom. The molecule has 0 spiro atoms. The zero-order chi connectivity index (χ0) is 5.98. The van der Waals surface area contributed by atoms with Gasteiger partial charge in [0.05, 0.1) is 0 Å². The summed E-state index contributed by atoms with van der Waals surface area (Å²) in [5.74, 6) is 0. The Kier molecular flexibility index (Phi) is 5.38. The molecule has 1 fully saturated rings. The summed E-state index contributed by atoms with van der Waals surface area (Å²) in [6.45, 7) is 5.08. The molecule has 1 heterocycles. The summed E-state index contributed by atoms with van der Waals surface area (Å²) >= 11 is 0. The summed E-state index contributed by atoms with van der Waals surface area (Å²) in [5, 5.41) is 0. The topological polar surface area (TPSA) is 3.24 Å². The molecule has 1 unspecified atom stereocenters. The first-order valence-corrected chi connectivity index (χ1v) is 3.21. The number of piperidine rings is 1. The Morgan fingerprint density at radius 3 is 2.33 bits per heavy atom. The molecule has 0 N–H and O–H groups in total. The van der Waals surface area contributed by atoms with Gasteiger partial charge in [-0.2, -0.15) is 0 Å². The van der Waals surface area contributed by atoms with Crippen molar-refractivity contribution in [3.05, 3.63) is 14.0 Å². The Labute approximate surface area is 83.1 Å². The Bertz CT molecular complexity index is 65.3. The minimum absolute atomic E-state index is 0. The normalized spacial score (nSPS) is 29.3. The predicted octanol–water partition coefficient (Wildman–Crippen LogP) is 1.46. The van der Waals surface area contributed by atoms with Gasteiger partial charge in [0.2, 0.25) is 0 Å². The minimum Gasteiger partial charge on any atom is -0.482 e. The van der Waals surface area contributed by atoms with E-state index in [4.69, 9.17) is 0 Å². The molecule has 51 valence electrons. The van der Waals surface area contributed by atoms with Crippen LogP contribution in [0, 0.1) is 14.0 Å². The van der Waals surface area contributed by atoms with Crippen molar-refractivity contribution in [1.82, 2.24) is 4.90 Å². The number of hydrogen-bond donors (Lipinski definition) is 0. The number of likely N-dealkylation sites (tertiary alicyclic amines) is 1. The first-order chi connectivity index (χ1) is 3.80. The first-order valence-electron chi connectivity index (χ1n) is 3.21. The van der Waals surface area contributed by atoms with Gasteiger partial charge in [0, 0.05) is 32.7 Å². The van der Waals surface area contributed by atoms with E-state index in [-0.39, 0.29) is 32.7 Å². The van der Waals surface area contributed by atoms with Crippen LogP contribution < -0.4 is 0 Å². The second-order valence-electron chi connectivity index (χ2n) is 2.46. The van der Waals surface area contributed by atoms with Gasteiger partial charge in [-0.05, 0) is 13.0 Å². The van der Waals surface area contributed by atoms with E-state index in [0.29, 0.717) is 6.04 Å². The van der Waals surface area contributed by atoms with Crippen molar-refractivity contribution in [3.63, 3.8) is 0 Å². The van der Waals surface area contributed by atoms with Crippen LogP contribution in [0.4, 0.5) is 0 Å². The first kappa shape index (κ1) is 10.1. The van der Waals surface area contributed by atoms with E-state index in [9.17, 15) is 0 Å². The van der Waals surface area contributed by atoms with Crippen LogP contribution in [0.15, 0.2) is 0 Å². The van der Waals surface area contributed by atoms with E-state index >= 15 is 0 Å². The summed E-state index contributed by atoms with van der Waals surface area (Å²) in [5.41, 5.74) is 0. The van der Waals surface area contributed by atoms with Crippen LogP contribution in [-0.2, 0) is 32.7 Å². The zero-order valence-electron chi connectivity index (χ0n) is 5.84. The molecular formula is C7H13NY-2. The Morgan fingerprint density at radius 2 is 2.00 bits per heavy atom. The molecular weight excluding hydrogens is 187 g/mol. The van der Waals surface area contributed by atoms with Crippen molar-refractivity contribution in [2.75, 3.05) is 6.54 Å². The monoisotopic (exact) mass is 200 g/mol. The van der Waals surface area contributed by atoms with Gasteiger partial charge >= 0.3 is 0 Å². The fraction of sp³-hybridized carbons (Fsp3) is 0.714. The van der Waals surface area contributed by atoms with Crippen molar-refractivity contribution >= 4 is 0 Å². The number of hydrogen-bond acceptors (Lipinski definition) is 1. The smallest absolute Gasteiger partial charge is 0 e. The molecule has 1 radical (unpaired) electrons. The van der Waals surface area contributed by atoms with Crippen LogP contribution in [0.1, 0.15) is 19.3 Å². The predicted molar refractivity (Wildman–Crippen MR) is 35.1 cm³/mol.